The molecule has 4 aliphatic rings. The van der Waals surface area contributed by atoms with Gasteiger partial charge in [-0.25, -0.2) is 0 Å². The first kappa shape index (κ1) is 48.1. The molecule has 6 heteroatoms. The van der Waals surface area contributed by atoms with E-state index >= 15 is 0 Å². The molecule has 9 unspecified atom stereocenters. The van der Waals surface area contributed by atoms with Crippen LogP contribution in [0.1, 0.15) is 246 Å². The van der Waals surface area contributed by atoms with Gasteiger partial charge in [-0.2, -0.15) is 0 Å². The second kappa shape index (κ2) is 25.9. The number of aliphatic carboxylic acids is 1. The largest absolute Gasteiger partial charge is 0.480 e. The van der Waals surface area contributed by atoms with E-state index in [0.717, 1.165) is 49.9 Å². The minimum Gasteiger partial charge on any atom is -0.480 e. The highest BCUT2D eigenvalue weighted by Gasteiger charge is 2.60. The van der Waals surface area contributed by atoms with E-state index < -0.39 is 5.97 Å². The number of hydrogen-bond donors (Lipinski definition) is 2. The number of ether oxygens (including phenoxy) is 1. The van der Waals surface area contributed by atoms with E-state index in [4.69, 9.17) is 9.84 Å². The Labute approximate surface area is 351 Å². The van der Waals surface area contributed by atoms with Crippen molar-refractivity contribution in [3.8, 4) is 0 Å². The molecule has 330 valence electrons. The van der Waals surface area contributed by atoms with Gasteiger partial charge in [-0.3, -0.25) is 14.4 Å². The zero-order chi connectivity index (χ0) is 40.9. The van der Waals surface area contributed by atoms with Crippen LogP contribution >= 0.6 is 0 Å². The Kier molecular flexibility index (Phi) is 21.8. The summed E-state index contributed by atoms with van der Waals surface area (Å²) in [6.07, 6.45) is 43.4. The minimum atomic E-state index is -0.987. The zero-order valence-electron chi connectivity index (χ0n) is 37.9. The van der Waals surface area contributed by atoms with E-state index in [1.54, 1.807) is 0 Å². The van der Waals surface area contributed by atoms with Crippen LogP contribution in [-0.4, -0.2) is 35.6 Å². The van der Waals surface area contributed by atoms with Crippen molar-refractivity contribution in [2.24, 2.45) is 46.3 Å². The molecule has 0 aromatic carbocycles. The number of esters is 1. The summed E-state index contributed by atoms with van der Waals surface area (Å²) in [7, 11) is 0. The Morgan fingerprint density at radius 1 is 0.632 bits per heavy atom. The molecule has 0 aromatic heterocycles. The Morgan fingerprint density at radius 2 is 1.14 bits per heavy atom. The van der Waals surface area contributed by atoms with Gasteiger partial charge in [-0.15, -0.1) is 0 Å². The first-order valence-electron chi connectivity index (χ1n) is 25.3. The highest BCUT2D eigenvalue weighted by molar-refractivity contribution is 5.81. The van der Waals surface area contributed by atoms with Crippen LogP contribution in [0.25, 0.3) is 0 Å². The van der Waals surface area contributed by atoms with E-state index in [-0.39, 0.29) is 24.5 Å². The lowest BCUT2D eigenvalue weighted by atomic mass is 9.44. The molecule has 4 saturated carbocycles. The third-order valence-corrected chi connectivity index (χ3v) is 16.7. The van der Waals surface area contributed by atoms with Crippen LogP contribution in [0.5, 0.6) is 0 Å². The Bertz CT molecular complexity index is 1160. The van der Waals surface area contributed by atoms with Crippen LogP contribution in [-0.2, 0) is 19.1 Å². The molecule has 4 aliphatic carbocycles. The molecular formula is C51H91NO5. The van der Waals surface area contributed by atoms with Crippen molar-refractivity contribution in [1.29, 1.82) is 0 Å². The summed E-state index contributed by atoms with van der Waals surface area (Å²) in [5, 5.41) is 11.4. The number of amides is 1. The lowest BCUT2D eigenvalue weighted by Gasteiger charge is -2.61. The fraction of sp³-hybridized carbons (Fsp3) is 0.941. The molecule has 0 aliphatic heterocycles. The quantitative estimate of drug-likeness (QED) is 0.0558. The van der Waals surface area contributed by atoms with Crippen molar-refractivity contribution in [3.05, 3.63) is 0 Å². The highest BCUT2D eigenvalue weighted by Crippen LogP contribution is 2.68. The number of rotatable bonds is 30. The lowest BCUT2D eigenvalue weighted by Crippen LogP contribution is -2.54. The van der Waals surface area contributed by atoms with Crippen molar-refractivity contribution in [1.82, 2.24) is 5.32 Å². The molecule has 6 nitrogen and oxygen atoms in total. The fourth-order valence-electron chi connectivity index (χ4n) is 13.2. The Morgan fingerprint density at radius 3 is 1.68 bits per heavy atom. The Hall–Kier alpha value is -1.59. The number of unbranched alkanes of at least 4 members (excludes halogenated alkanes) is 21. The standard InChI is InChI=1S/C51H91NO5/c1-5-6-7-8-9-10-11-12-13-14-15-16-17-18-19-20-21-22-23-24-25-26-27-49(56)57-42-34-36-50(3)41(38-42)29-30-43-45-32-31-44(51(45,4)37-35-46(43)50)40(2)28-33-47(53)52-39-48(54)55/h40-46H,5-39H2,1-4H3,(H,52,53)(H,54,55). The van der Waals surface area contributed by atoms with E-state index in [1.165, 1.54) is 173 Å². The van der Waals surface area contributed by atoms with Gasteiger partial charge in [-0.05, 0) is 117 Å². The number of carbonyl (C=O) groups excluding carboxylic acids is 2. The van der Waals surface area contributed by atoms with E-state index in [2.05, 4.69) is 33.0 Å². The molecule has 57 heavy (non-hydrogen) atoms. The molecule has 4 fully saturated rings. The van der Waals surface area contributed by atoms with Gasteiger partial charge in [0.05, 0.1) is 0 Å². The number of carboxylic acids is 1. The summed E-state index contributed by atoms with van der Waals surface area (Å²) in [6, 6.07) is 0. The first-order chi connectivity index (χ1) is 27.6. The molecule has 2 N–H and O–H groups in total. The average Bonchev–Trinajstić information content (AvgIpc) is 3.55. The molecule has 0 heterocycles. The summed E-state index contributed by atoms with van der Waals surface area (Å²) < 4.78 is 6.16. The van der Waals surface area contributed by atoms with Gasteiger partial charge < -0.3 is 15.2 Å². The van der Waals surface area contributed by atoms with Gasteiger partial charge in [0, 0.05) is 12.8 Å². The van der Waals surface area contributed by atoms with Gasteiger partial charge in [0.2, 0.25) is 5.91 Å². The van der Waals surface area contributed by atoms with Crippen molar-refractivity contribution in [2.75, 3.05) is 6.54 Å². The summed E-state index contributed by atoms with van der Waals surface area (Å²) in [5.74, 6) is 3.07. The summed E-state index contributed by atoms with van der Waals surface area (Å²) in [4.78, 5) is 36.0. The van der Waals surface area contributed by atoms with Crippen LogP contribution in [0.4, 0.5) is 0 Å². The maximum Gasteiger partial charge on any atom is 0.322 e. The normalized spacial score (nSPS) is 29.9. The average molecular weight is 798 g/mol. The third-order valence-electron chi connectivity index (χ3n) is 16.7. The predicted molar refractivity (Wildman–Crippen MR) is 236 cm³/mol. The smallest absolute Gasteiger partial charge is 0.322 e. The molecule has 1 amide bonds. The van der Waals surface area contributed by atoms with Crippen molar-refractivity contribution in [2.45, 2.75) is 252 Å². The Balaban J connectivity index is 0.994. The van der Waals surface area contributed by atoms with Gasteiger partial charge in [0.1, 0.15) is 12.6 Å². The topological polar surface area (TPSA) is 92.7 Å². The molecule has 0 aromatic rings. The van der Waals surface area contributed by atoms with Crippen molar-refractivity contribution >= 4 is 17.8 Å². The lowest BCUT2D eigenvalue weighted by molar-refractivity contribution is -0.162. The van der Waals surface area contributed by atoms with E-state index in [0.29, 0.717) is 41.4 Å². The maximum absolute atomic E-state index is 12.9. The number of carbonyl (C=O) groups is 3. The highest BCUT2D eigenvalue weighted by atomic mass is 16.5. The molecular weight excluding hydrogens is 707 g/mol. The van der Waals surface area contributed by atoms with Crippen molar-refractivity contribution in [3.63, 3.8) is 0 Å². The third kappa shape index (κ3) is 15.4. The van der Waals surface area contributed by atoms with Gasteiger partial charge in [0.25, 0.3) is 0 Å². The van der Waals surface area contributed by atoms with Crippen molar-refractivity contribution < 1.29 is 24.2 Å². The zero-order valence-corrected chi connectivity index (χ0v) is 37.9. The van der Waals surface area contributed by atoms with Crippen LogP contribution in [0, 0.1) is 46.3 Å². The van der Waals surface area contributed by atoms with Gasteiger partial charge in [-0.1, -0.05) is 163 Å². The molecule has 0 radical (unpaired) electrons. The SMILES string of the molecule is CCCCCCCCCCCCCCCCCCCCCCCCC(=O)OC1CCC2(C)C(CCC3C2CCC2(C)C(C(C)CCC(=O)NCC(=O)O)CCC32)C1. The monoisotopic (exact) mass is 798 g/mol. The fourth-order valence-corrected chi connectivity index (χ4v) is 13.2. The number of hydrogen-bond acceptors (Lipinski definition) is 4. The maximum atomic E-state index is 12.9. The summed E-state index contributed by atoms with van der Waals surface area (Å²) in [5.41, 5.74) is 0.713. The molecule has 9 atom stereocenters. The minimum absolute atomic E-state index is 0.0457. The summed E-state index contributed by atoms with van der Waals surface area (Å²) >= 11 is 0. The molecule has 0 spiro atoms. The van der Waals surface area contributed by atoms with Crippen LogP contribution in [0.3, 0.4) is 0 Å². The molecule has 4 rings (SSSR count). The van der Waals surface area contributed by atoms with Gasteiger partial charge >= 0.3 is 11.9 Å². The molecule has 0 saturated heterocycles. The number of nitrogens with one attached hydrogen (secondary N) is 1. The second-order valence-corrected chi connectivity index (χ2v) is 20.6. The summed E-state index contributed by atoms with van der Waals surface area (Å²) in [6.45, 7) is 9.51. The number of fused-ring (bicyclic) bond motifs is 5. The van der Waals surface area contributed by atoms with Crippen LogP contribution in [0.2, 0.25) is 0 Å². The molecule has 0 bridgehead atoms. The van der Waals surface area contributed by atoms with E-state index in [9.17, 15) is 14.4 Å². The number of carboxylic acid groups (broad SMARTS) is 1. The van der Waals surface area contributed by atoms with E-state index in [1.807, 2.05) is 0 Å². The van der Waals surface area contributed by atoms with Crippen LogP contribution in [0.15, 0.2) is 0 Å². The predicted octanol–water partition coefficient (Wildman–Crippen LogP) is 14.2. The van der Waals surface area contributed by atoms with Crippen LogP contribution < -0.4 is 5.32 Å². The first-order valence-corrected chi connectivity index (χ1v) is 25.3. The second-order valence-electron chi connectivity index (χ2n) is 20.6. The van der Waals surface area contributed by atoms with Gasteiger partial charge in [0.15, 0.2) is 0 Å².